The molecule has 0 aliphatic heterocycles. The summed E-state index contributed by atoms with van der Waals surface area (Å²) in [5.41, 5.74) is 1.93. The zero-order chi connectivity index (χ0) is 19.7. The molecule has 0 saturated carbocycles. The van der Waals surface area contributed by atoms with Crippen molar-refractivity contribution in [1.82, 2.24) is 19.8 Å². The summed E-state index contributed by atoms with van der Waals surface area (Å²) in [6.07, 6.45) is 0.119. The number of phenols is 1. The number of aromatic nitrogens is 4. The van der Waals surface area contributed by atoms with E-state index in [4.69, 9.17) is 4.74 Å². The van der Waals surface area contributed by atoms with E-state index < -0.39 is 0 Å². The van der Waals surface area contributed by atoms with Gasteiger partial charge in [-0.2, -0.15) is 4.52 Å². The van der Waals surface area contributed by atoms with Crippen LogP contribution in [0.15, 0.2) is 48.5 Å². The number of hydrogen-bond acceptors (Lipinski definition) is 7. The molecule has 4 rings (SSSR count). The molecule has 2 aromatic carbocycles. The minimum Gasteiger partial charge on any atom is -0.508 e. The highest BCUT2D eigenvalue weighted by molar-refractivity contribution is 7.20. The quantitative estimate of drug-likeness (QED) is 0.497. The van der Waals surface area contributed by atoms with Crippen LogP contribution in [0.3, 0.4) is 0 Å². The van der Waals surface area contributed by atoms with E-state index in [-0.39, 0.29) is 17.8 Å². The van der Waals surface area contributed by atoms with Crippen molar-refractivity contribution in [3.63, 3.8) is 0 Å². The minimum atomic E-state index is -0.00619. The Labute approximate surface area is 166 Å². The Bertz CT molecular complexity index is 1090. The van der Waals surface area contributed by atoms with Crippen molar-refractivity contribution in [2.75, 3.05) is 5.32 Å². The van der Waals surface area contributed by atoms with Gasteiger partial charge in [-0.15, -0.1) is 15.3 Å². The van der Waals surface area contributed by atoms with Crippen LogP contribution in [-0.4, -0.2) is 31.0 Å². The molecular weight excluding hydrogens is 374 g/mol. The second-order valence-electron chi connectivity index (χ2n) is 6.79. The number of benzene rings is 2. The van der Waals surface area contributed by atoms with Gasteiger partial charge in [-0.3, -0.25) is 0 Å². The summed E-state index contributed by atoms with van der Waals surface area (Å²) in [5.74, 6) is 1.80. The number of ether oxygens (including phenoxy) is 1. The first kappa shape index (κ1) is 18.2. The normalized spacial score (nSPS) is 12.4. The van der Waals surface area contributed by atoms with Gasteiger partial charge in [0.25, 0.3) is 0 Å². The van der Waals surface area contributed by atoms with Crippen LogP contribution < -0.4 is 10.1 Å². The SMILES string of the molecule is CC(C)Oc1cccc(Nc2nn3c([C@@H](C)c4ccc(O)cc4)nnc3s2)c1. The van der Waals surface area contributed by atoms with Gasteiger partial charge >= 0.3 is 0 Å². The highest BCUT2D eigenvalue weighted by atomic mass is 32.1. The molecule has 0 saturated heterocycles. The summed E-state index contributed by atoms with van der Waals surface area (Å²) in [6, 6.07) is 14.9. The number of rotatable bonds is 6. The second kappa shape index (κ2) is 7.47. The van der Waals surface area contributed by atoms with Gasteiger partial charge in [0.2, 0.25) is 10.1 Å². The number of aromatic hydroxyl groups is 1. The Morgan fingerprint density at radius 1 is 1.07 bits per heavy atom. The molecule has 0 unspecified atom stereocenters. The summed E-state index contributed by atoms with van der Waals surface area (Å²) in [6.45, 7) is 6.04. The van der Waals surface area contributed by atoms with Crippen molar-refractivity contribution in [2.24, 2.45) is 0 Å². The molecule has 28 heavy (non-hydrogen) atoms. The van der Waals surface area contributed by atoms with Gasteiger partial charge in [-0.1, -0.05) is 36.5 Å². The molecule has 144 valence electrons. The van der Waals surface area contributed by atoms with E-state index in [1.165, 1.54) is 11.3 Å². The van der Waals surface area contributed by atoms with E-state index in [2.05, 4.69) is 20.6 Å². The second-order valence-corrected chi connectivity index (χ2v) is 7.75. The summed E-state index contributed by atoms with van der Waals surface area (Å²) in [7, 11) is 0. The zero-order valence-electron chi connectivity index (χ0n) is 15.8. The number of hydrogen-bond donors (Lipinski definition) is 2. The molecule has 2 aromatic heterocycles. The van der Waals surface area contributed by atoms with Crippen LogP contribution >= 0.6 is 11.3 Å². The first-order valence-electron chi connectivity index (χ1n) is 9.04. The molecule has 2 N–H and O–H groups in total. The Morgan fingerprint density at radius 3 is 2.61 bits per heavy atom. The average molecular weight is 395 g/mol. The van der Waals surface area contributed by atoms with Crippen LogP contribution in [0.2, 0.25) is 0 Å². The van der Waals surface area contributed by atoms with Crippen molar-refractivity contribution in [3.8, 4) is 11.5 Å². The van der Waals surface area contributed by atoms with Gasteiger partial charge in [0.05, 0.1) is 6.10 Å². The fraction of sp³-hybridized carbons (Fsp3) is 0.250. The lowest BCUT2D eigenvalue weighted by molar-refractivity contribution is 0.242. The summed E-state index contributed by atoms with van der Waals surface area (Å²) in [4.78, 5) is 0.720. The van der Waals surface area contributed by atoms with Crippen molar-refractivity contribution in [2.45, 2.75) is 32.8 Å². The van der Waals surface area contributed by atoms with E-state index >= 15 is 0 Å². The molecule has 7 nitrogen and oxygen atoms in total. The van der Waals surface area contributed by atoms with Crippen molar-refractivity contribution in [3.05, 3.63) is 59.9 Å². The topological polar surface area (TPSA) is 84.6 Å². The lowest BCUT2D eigenvalue weighted by atomic mass is 10.0. The maximum atomic E-state index is 9.49. The molecule has 4 aromatic rings. The number of nitrogens with zero attached hydrogens (tertiary/aromatic N) is 4. The lowest BCUT2D eigenvalue weighted by Gasteiger charge is -2.11. The zero-order valence-corrected chi connectivity index (χ0v) is 16.6. The first-order valence-corrected chi connectivity index (χ1v) is 9.86. The Balaban J connectivity index is 1.58. The highest BCUT2D eigenvalue weighted by Crippen LogP contribution is 2.29. The van der Waals surface area contributed by atoms with Gasteiger partial charge in [-0.05, 0) is 43.7 Å². The molecule has 0 aliphatic carbocycles. The third-order valence-corrected chi connectivity index (χ3v) is 5.07. The molecular formula is C20H21N5O2S. The number of fused-ring (bicyclic) bond motifs is 1. The van der Waals surface area contributed by atoms with E-state index in [0.29, 0.717) is 0 Å². The number of nitrogens with one attached hydrogen (secondary N) is 1. The minimum absolute atomic E-state index is 0.00619. The van der Waals surface area contributed by atoms with Crippen LogP contribution in [0.25, 0.3) is 4.96 Å². The van der Waals surface area contributed by atoms with E-state index in [1.807, 2.05) is 57.2 Å². The maximum absolute atomic E-state index is 9.49. The summed E-state index contributed by atoms with van der Waals surface area (Å²) < 4.78 is 7.50. The largest absolute Gasteiger partial charge is 0.508 e. The third kappa shape index (κ3) is 3.77. The smallest absolute Gasteiger partial charge is 0.236 e. The predicted octanol–water partition coefficient (Wildman–Crippen LogP) is 4.57. The molecule has 8 heteroatoms. The molecule has 1 atom stereocenters. The summed E-state index contributed by atoms with van der Waals surface area (Å²) in [5, 5.41) is 26.7. The van der Waals surface area contributed by atoms with Crippen LogP contribution in [0.4, 0.5) is 10.8 Å². The van der Waals surface area contributed by atoms with Crippen molar-refractivity contribution in [1.29, 1.82) is 0 Å². The predicted molar refractivity (Wildman–Crippen MR) is 110 cm³/mol. The van der Waals surface area contributed by atoms with Gasteiger partial charge < -0.3 is 15.2 Å². The molecule has 0 aliphatic rings. The standard InChI is InChI=1S/C20H21N5O2S/c1-12(2)27-17-6-4-5-15(11-17)21-19-24-25-18(22-23-20(25)28-19)13(3)14-7-9-16(26)10-8-14/h4-13,26H,1-3H3,(H,21,24)/t13-/m0/s1. The van der Waals surface area contributed by atoms with Gasteiger partial charge in [0.1, 0.15) is 11.5 Å². The van der Waals surface area contributed by atoms with E-state index in [1.54, 1.807) is 16.6 Å². The Hall–Kier alpha value is -3.13. The first-order chi connectivity index (χ1) is 13.5. The van der Waals surface area contributed by atoms with Crippen LogP contribution in [0, 0.1) is 0 Å². The third-order valence-electron chi connectivity index (χ3n) is 4.25. The van der Waals surface area contributed by atoms with Gasteiger partial charge in [0.15, 0.2) is 5.82 Å². The molecule has 0 radical (unpaired) electrons. The lowest BCUT2D eigenvalue weighted by Crippen LogP contribution is -2.05. The van der Waals surface area contributed by atoms with Crippen LogP contribution in [0.1, 0.15) is 38.1 Å². The molecule has 0 bridgehead atoms. The maximum Gasteiger partial charge on any atom is 0.236 e. The molecule has 0 amide bonds. The van der Waals surface area contributed by atoms with Crippen LogP contribution in [-0.2, 0) is 0 Å². The van der Waals surface area contributed by atoms with Gasteiger partial charge in [-0.25, -0.2) is 0 Å². The average Bonchev–Trinajstić information content (AvgIpc) is 3.21. The van der Waals surface area contributed by atoms with E-state index in [0.717, 1.165) is 32.9 Å². The summed E-state index contributed by atoms with van der Waals surface area (Å²) >= 11 is 1.43. The van der Waals surface area contributed by atoms with Gasteiger partial charge in [0, 0.05) is 17.7 Å². The molecule has 2 heterocycles. The number of phenolic OH excluding ortho intramolecular Hbond substituents is 1. The number of anilines is 2. The monoisotopic (exact) mass is 395 g/mol. The van der Waals surface area contributed by atoms with Crippen molar-refractivity contribution < 1.29 is 9.84 Å². The molecule has 0 fully saturated rings. The fourth-order valence-electron chi connectivity index (χ4n) is 2.91. The Kier molecular flexibility index (Phi) is 4.87. The van der Waals surface area contributed by atoms with Crippen LogP contribution in [0.5, 0.6) is 11.5 Å². The highest BCUT2D eigenvalue weighted by Gasteiger charge is 2.19. The molecule has 0 spiro atoms. The Morgan fingerprint density at radius 2 is 1.86 bits per heavy atom. The van der Waals surface area contributed by atoms with Crippen molar-refractivity contribution >= 4 is 27.1 Å². The fourth-order valence-corrected chi connectivity index (χ4v) is 3.67. The van der Waals surface area contributed by atoms with E-state index in [9.17, 15) is 5.11 Å².